The number of rotatable bonds is 5. The molecule has 2 N–H and O–H groups in total. The summed E-state index contributed by atoms with van der Waals surface area (Å²) in [5.74, 6) is 0.388. The minimum atomic E-state index is 0.179. The third-order valence-electron chi connectivity index (χ3n) is 3.58. The van der Waals surface area contributed by atoms with Crippen molar-refractivity contribution in [2.24, 2.45) is 5.92 Å². The smallest absolute Gasteiger partial charge is 0.223 e. The van der Waals surface area contributed by atoms with E-state index in [0.717, 1.165) is 37.2 Å². The van der Waals surface area contributed by atoms with Crippen LogP contribution in [0.1, 0.15) is 36.6 Å². The number of hydrogen-bond acceptors (Lipinski definition) is 4. The van der Waals surface area contributed by atoms with Gasteiger partial charge in [-0.2, -0.15) is 0 Å². The second-order valence-electron chi connectivity index (χ2n) is 5.19. The van der Waals surface area contributed by atoms with Gasteiger partial charge in [-0.1, -0.05) is 6.92 Å². The molecule has 1 fully saturated rings. The quantitative estimate of drug-likeness (QED) is 0.864. The maximum Gasteiger partial charge on any atom is 0.223 e. The molecule has 0 aromatic carbocycles. The molecule has 0 saturated carbocycles. The zero-order valence-electron chi connectivity index (χ0n) is 11.7. The molecular weight excluding hydrogens is 258 g/mol. The van der Waals surface area contributed by atoms with E-state index >= 15 is 0 Å². The summed E-state index contributed by atoms with van der Waals surface area (Å²) in [4.78, 5) is 17.7. The van der Waals surface area contributed by atoms with Gasteiger partial charge >= 0.3 is 0 Å². The van der Waals surface area contributed by atoms with Gasteiger partial charge in [0.05, 0.1) is 5.01 Å². The highest BCUT2D eigenvalue weighted by molar-refractivity contribution is 7.11. The van der Waals surface area contributed by atoms with Crippen LogP contribution < -0.4 is 10.6 Å². The van der Waals surface area contributed by atoms with E-state index < -0.39 is 0 Å². The van der Waals surface area contributed by atoms with Crippen molar-refractivity contribution in [3.8, 4) is 0 Å². The summed E-state index contributed by atoms with van der Waals surface area (Å²) in [7, 11) is 0. The third-order valence-corrected chi connectivity index (χ3v) is 4.78. The Kier molecular flexibility index (Phi) is 5.34. The minimum Gasteiger partial charge on any atom is -0.355 e. The Bertz CT molecular complexity index is 419. The summed E-state index contributed by atoms with van der Waals surface area (Å²) < 4.78 is 0. The highest BCUT2D eigenvalue weighted by Gasteiger charge is 2.24. The van der Waals surface area contributed by atoms with Crippen LogP contribution in [-0.2, 0) is 17.6 Å². The fourth-order valence-electron chi connectivity index (χ4n) is 2.43. The third kappa shape index (κ3) is 4.28. The van der Waals surface area contributed by atoms with E-state index in [1.54, 1.807) is 11.3 Å². The molecule has 1 aromatic rings. The summed E-state index contributed by atoms with van der Waals surface area (Å²) in [5.41, 5.74) is 0. The molecule has 1 amide bonds. The summed E-state index contributed by atoms with van der Waals surface area (Å²) in [5, 5.41) is 7.54. The van der Waals surface area contributed by atoms with Crippen molar-refractivity contribution in [1.29, 1.82) is 0 Å². The molecule has 2 atom stereocenters. The Balaban J connectivity index is 1.71. The summed E-state index contributed by atoms with van der Waals surface area (Å²) in [6, 6.07) is 0.454. The first kappa shape index (κ1) is 14.5. The molecule has 4 nitrogen and oxygen atoms in total. The molecule has 5 heteroatoms. The number of aromatic nitrogens is 1. The molecule has 106 valence electrons. The standard InChI is InChI=1S/C14H23N3OS/c1-3-12-9-17-13(19-12)5-7-16-14(18)11-4-6-15-10(2)8-11/h9-11,15H,3-8H2,1-2H3,(H,16,18)/t10-,11-/m0/s1. The van der Waals surface area contributed by atoms with Gasteiger partial charge in [0, 0.05) is 36.0 Å². The van der Waals surface area contributed by atoms with Crippen LogP contribution in [0.3, 0.4) is 0 Å². The Morgan fingerprint density at radius 3 is 3.16 bits per heavy atom. The molecule has 0 radical (unpaired) electrons. The van der Waals surface area contributed by atoms with E-state index in [0.29, 0.717) is 12.6 Å². The predicted molar refractivity (Wildman–Crippen MR) is 78.4 cm³/mol. The molecule has 0 aliphatic carbocycles. The Morgan fingerprint density at radius 1 is 1.63 bits per heavy atom. The number of piperidine rings is 1. The van der Waals surface area contributed by atoms with E-state index in [2.05, 4.69) is 29.5 Å². The molecular formula is C14H23N3OS. The largest absolute Gasteiger partial charge is 0.355 e. The fraction of sp³-hybridized carbons (Fsp3) is 0.714. The van der Waals surface area contributed by atoms with Crippen molar-refractivity contribution < 1.29 is 4.79 Å². The molecule has 0 unspecified atom stereocenters. The number of aryl methyl sites for hydroxylation is 1. The average molecular weight is 281 g/mol. The lowest BCUT2D eigenvalue weighted by Gasteiger charge is -2.27. The van der Waals surface area contributed by atoms with Gasteiger partial charge in [0.1, 0.15) is 0 Å². The van der Waals surface area contributed by atoms with E-state index in [9.17, 15) is 4.79 Å². The van der Waals surface area contributed by atoms with Crippen molar-refractivity contribution in [3.63, 3.8) is 0 Å². The van der Waals surface area contributed by atoms with E-state index in [-0.39, 0.29) is 11.8 Å². The lowest BCUT2D eigenvalue weighted by atomic mass is 9.92. The zero-order chi connectivity index (χ0) is 13.7. The number of amides is 1. The summed E-state index contributed by atoms with van der Waals surface area (Å²) in [6.45, 7) is 5.93. The van der Waals surface area contributed by atoms with Crippen molar-refractivity contribution in [2.45, 2.75) is 45.6 Å². The molecule has 2 heterocycles. The molecule has 19 heavy (non-hydrogen) atoms. The van der Waals surface area contributed by atoms with Crippen molar-refractivity contribution in [1.82, 2.24) is 15.6 Å². The molecule has 0 bridgehead atoms. The van der Waals surface area contributed by atoms with Crippen LogP contribution in [0.2, 0.25) is 0 Å². The average Bonchev–Trinajstić information content (AvgIpc) is 2.86. The topological polar surface area (TPSA) is 54.0 Å². The summed E-state index contributed by atoms with van der Waals surface area (Å²) >= 11 is 1.75. The van der Waals surface area contributed by atoms with Gasteiger partial charge < -0.3 is 10.6 Å². The van der Waals surface area contributed by atoms with E-state index in [4.69, 9.17) is 0 Å². The first-order valence-corrected chi connectivity index (χ1v) is 7.95. The van der Waals surface area contributed by atoms with Gasteiger partial charge in [-0.05, 0) is 32.7 Å². The highest BCUT2D eigenvalue weighted by Crippen LogP contribution is 2.16. The molecule has 1 aromatic heterocycles. The monoisotopic (exact) mass is 281 g/mol. The van der Waals surface area contributed by atoms with E-state index in [1.165, 1.54) is 4.88 Å². The fourth-order valence-corrected chi connectivity index (χ4v) is 3.30. The Hall–Kier alpha value is -0.940. The molecule has 1 saturated heterocycles. The second kappa shape index (κ2) is 7.01. The molecule has 0 spiro atoms. The predicted octanol–water partition coefficient (Wildman–Crippen LogP) is 1.75. The first-order chi connectivity index (χ1) is 9.19. The molecule has 1 aliphatic heterocycles. The Morgan fingerprint density at radius 2 is 2.47 bits per heavy atom. The van der Waals surface area contributed by atoms with Gasteiger partial charge in [-0.25, -0.2) is 4.98 Å². The molecule has 2 rings (SSSR count). The van der Waals surface area contributed by atoms with Crippen molar-refractivity contribution >= 4 is 17.2 Å². The Labute approximate surface area is 119 Å². The highest BCUT2D eigenvalue weighted by atomic mass is 32.1. The van der Waals surface area contributed by atoms with Gasteiger partial charge in [0.15, 0.2) is 0 Å². The first-order valence-electron chi connectivity index (χ1n) is 7.13. The van der Waals surface area contributed by atoms with Gasteiger partial charge in [0.2, 0.25) is 5.91 Å². The maximum atomic E-state index is 12.0. The van der Waals surface area contributed by atoms with Crippen LogP contribution in [0, 0.1) is 5.92 Å². The lowest BCUT2D eigenvalue weighted by Crippen LogP contribution is -2.42. The number of carbonyl (C=O) groups excluding carboxylic acids is 1. The minimum absolute atomic E-state index is 0.179. The SMILES string of the molecule is CCc1cnc(CCNC(=O)[C@H]2CCN[C@@H](C)C2)s1. The number of hydrogen-bond donors (Lipinski definition) is 2. The number of nitrogens with one attached hydrogen (secondary N) is 2. The van der Waals surface area contributed by atoms with Crippen molar-refractivity contribution in [3.05, 3.63) is 16.1 Å². The normalized spacial score (nSPS) is 23.3. The summed E-state index contributed by atoms with van der Waals surface area (Å²) in [6.07, 6.45) is 5.72. The molecule has 1 aliphatic rings. The zero-order valence-corrected chi connectivity index (χ0v) is 12.6. The van der Waals surface area contributed by atoms with Crippen LogP contribution in [0.4, 0.5) is 0 Å². The van der Waals surface area contributed by atoms with Crippen molar-refractivity contribution in [2.75, 3.05) is 13.1 Å². The van der Waals surface area contributed by atoms with Gasteiger partial charge in [-0.3, -0.25) is 4.79 Å². The maximum absolute atomic E-state index is 12.0. The number of nitrogens with zero attached hydrogens (tertiary/aromatic N) is 1. The van der Waals surface area contributed by atoms with Crippen LogP contribution in [0.5, 0.6) is 0 Å². The van der Waals surface area contributed by atoms with E-state index in [1.807, 2.05) is 6.20 Å². The van der Waals surface area contributed by atoms with Crippen LogP contribution in [0.25, 0.3) is 0 Å². The van der Waals surface area contributed by atoms with Crippen LogP contribution >= 0.6 is 11.3 Å². The van der Waals surface area contributed by atoms with Crippen LogP contribution in [-0.4, -0.2) is 30.0 Å². The second-order valence-corrected chi connectivity index (χ2v) is 6.39. The van der Waals surface area contributed by atoms with Crippen LogP contribution in [0.15, 0.2) is 6.20 Å². The number of thiazole rings is 1. The number of carbonyl (C=O) groups is 1. The van der Waals surface area contributed by atoms with Gasteiger partial charge in [0.25, 0.3) is 0 Å². The lowest BCUT2D eigenvalue weighted by molar-refractivity contribution is -0.126. The van der Waals surface area contributed by atoms with Gasteiger partial charge in [-0.15, -0.1) is 11.3 Å².